The lowest BCUT2D eigenvalue weighted by atomic mass is 10.1. The van der Waals surface area contributed by atoms with Crippen LogP contribution in [0.25, 0.3) is 0 Å². The molecule has 18 heavy (non-hydrogen) atoms. The van der Waals surface area contributed by atoms with Crippen LogP contribution in [0.2, 0.25) is 0 Å². The van der Waals surface area contributed by atoms with Crippen molar-refractivity contribution >= 4 is 29.9 Å². The van der Waals surface area contributed by atoms with Crippen molar-refractivity contribution in [1.82, 2.24) is 5.32 Å². The number of aliphatic imine (C=N–C) groups is 1. The second-order valence-electron chi connectivity index (χ2n) is 3.87. The van der Waals surface area contributed by atoms with E-state index in [1.807, 2.05) is 6.08 Å². The van der Waals surface area contributed by atoms with E-state index in [0.717, 1.165) is 17.8 Å². The van der Waals surface area contributed by atoms with Crippen LogP contribution in [0.5, 0.6) is 0 Å². The van der Waals surface area contributed by atoms with E-state index in [-0.39, 0.29) is 17.9 Å². The van der Waals surface area contributed by atoms with Crippen molar-refractivity contribution < 1.29 is 0 Å². The lowest BCUT2D eigenvalue weighted by Crippen LogP contribution is -2.26. The minimum absolute atomic E-state index is 0. The topological polar surface area (TPSA) is 24.4 Å². The standard InChI is InChI=1S/C14H16N2S.ClH/c1-3-9-15-14-16-13(8-10-17-14)12-6-4-11(2)5-7-12;/h3-8,10,14-15H,1,9H2,2H3;1H. The van der Waals surface area contributed by atoms with E-state index in [1.54, 1.807) is 11.8 Å². The van der Waals surface area contributed by atoms with Crippen molar-refractivity contribution in [2.75, 3.05) is 6.54 Å². The van der Waals surface area contributed by atoms with Crippen LogP contribution < -0.4 is 5.32 Å². The first kappa shape index (κ1) is 15.0. The minimum Gasteiger partial charge on any atom is -0.283 e. The van der Waals surface area contributed by atoms with Crippen LogP contribution in [0.3, 0.4) is 0 Å². The second-order valence-corrected chi connectivity index (χ2v) is 4.86. The lowest BCUT2D eigenvalue weighted by molar-refractivity contribution is 0.730. The summed E-state index contributed by atoms with van der Waals surface area (Å²) in [6.45, 7) is 6.56. The van der Waals surface area contributed by atoms with Crippen molar-refractivity contribution in [1.29, 1.82) is 0 Å². The molecule has 0 aromatic heterocycles. The summed E-state index contributed by atoms with van der Waals surface area (Å²) in [5.41, 5.74) is 3.56. The number of allylic oxidation sites excluding steroid dienone is 1. The number of hydrogen-bond donors (Lipinski definition) is 1. The maximum Gasteiger partial charge on any atom is 0.151 e. The molecule has 1 aliphatic rings. The molecule has 2 nitrogen and oxygen atoms in total. The molecule has 0 aliphatic carbocycles. The summed E-state index contributed by atoms with van der Waals surface area (Å²) < 4.78 is 0. The van der Waals surface area contributed by atoms with Gasteiger partial charge in [-0.2, -0.15) is 0 Å². The van der Waals surface area contributed by atoms with Gasteiger partial charge >= 0.3 is 0 Å². The molecule has 1 aromatic carbocycles. The van der Waals surface area contributed by atoms with E-state index in [9.17, 15) is 0 Å². The van der Waals surface area contributed by atoms with Gasteiger partial charge in [0.25, 0.3) is 0 Å². The molecule has 1 heterocycles. The van der Waals surface area contributed by atoms with Gasteiger partial charge in [-0.1, -0.05) is 47.7 Å². The van der Waals surface area contributed by atoms with E-state index in [4.69, 9.17) is 0 Å². The molecule has 96 valence electrons. The normalized spacial score (nSPS) is 17.8. The fourth-order valence-corrected chi connectivity index (χ4v) is 2.27. The van der Waals surface area contributed by atoms with E-state index in [2.05, 4.69) is 59.6 Å². The summed E-state index contributed by atoms with van der Waals surface area (Å²) in [4.78, 5) is 4.65. The minimum atomic E-state index is 0. The van der Waals surface area contributed by atoms with Crippen molar-refractivity contribution in [2.45, 2.75) is 12.4 Å². The summed E-state index contributed by atoms with van der Waals surface area (Å²) in [7, 11) is 0. The number of halogens is 1. The van der Waals surface area contributed by atoms with Crippen molar-refractivity contribution in [2.24, 2.45) is 4.99 Å². The number of nitrogens with one attached hydrogen (secondary N) is 1. The van der Waals surface area contributed by atoms with Gasteiger partial charge < -0.3 is 0 Å². The molecule has 4 heteroatoms. The summed E-state index contributed by atoms with van der Waals surface area (Å²) in [6.07, 6.45) is 3.90. The Labute approximate surface area is 119 Å². The van der Waals surface area contributed by atoms with Gasteiger partial charge in [-0.3, -0.25) is 10.3 Å². The largest absolute Gasteiger partial charge is 0.283 e. The van der Waals surface area contributed by atoms with Crippen molar-refractivity contribution in [3.05, 3.63) is 59.5 Å². The molecule has 0 saturated carbocycles. The molecule has 0 radical (unpaired) electrons. The highest BCUT2D eigenvalue weighted by Crippen LogP contribution is 2.19. The Bertz CT molecular complexity index is 451. The van der Waals surface area contributed by atoms with E-state index < -0.39 is 0 Å². The molecule has 1 atom stereocenters. The van der Waals surface area contributed by atoms with Crippen LogP contribution in [0.15, 0.2) is 53.4 Å². The molecule has 0 saturated heterocycles. The highest BCUT2D eigenvalue weighted by Gasteiger charge is 2.10. The van der Waals surface area contributed by atoms with Gasteiger partial charge in [0.15, 0.2) is 5.50 Å². The van der Waals surface area contributed by atoms with Gasteiger partial charge in [0.1, 0.15) is 0 Å². The first-order valence-electron chi connectivity index (χ1n) is 5.61. The molecule has 2 rings (SSSR count). The number of nitrogens with zero attached hydrogens (tertiary/aromatic N) is 1. The first-order valence-corrected chi connectivity index (χ1v) is 6.55. The second kappa shape index (κ2) is 7.41. The predicted octanol–water partition coefficient (Wildman–Crippen LogP) is 3.53. The van der Waals surface area contributed by atoms with Gasteiger partial charge in [-0.05, 0) is 24.0 Å². The average Bonchev–Trinajstić information content (AvgIpc) is 2.37. The number of aryl methyl sites for hydroxylation is 1. The van der Waals surface area contributed by atoms with Gasteiger partial charge in [0.2, 0.25) is 0 Å². The molecule has 1 N–H and O–H groups in total. The number of rotatable bonds is 4. The summed E-state index contributed by atoms with van der Waals surface area (Å²) in [6, 6.07) is 8.44. The molecule has 0 bridgehead atoms. The molecular formula is C14H17ClN2S. The van der Waals surface area contributed by atoms with Crippen LogP contribution in [-0.2, 0) is 0 Å². The molecule has 0 spiro atoms. The predicted molar refractivity (Wildman–Crippen MR) is 83.7 cm³/mol. The third-order valence-corrected chi connectivity index (χ3v) is 3.30. The third-order valence-electron chi connectivity index (χ3n) is 2.47. The van der Waals surface area contributed by atoms with Crippen LogP contribution in [-0.4, -0.2) is 17.8 Å². The number of hydrogen-bond acceptors (Lipinski definition) is 3. The zero-order valence-electron chi connectivity index (χ0n) is 10.3. The van der Waals surface area contributed by atoms with E-state index >= 15 is 0 Å². The molecule has 0 fully saturated rings. The molecule has 0 amide bonds. The summed E-state index contributed by atoms with van der Waals surface area (Å²) in [5.74, 6) is 0. The van der Waals surface area contributed by atoms with Crippen LogP contribution in [0.1, 0.15) is 11.1 Å². The third kappa shape index (κ3) is 4.02. The fraction of sp³-hybridized carbons (Fsp3) is 0.214. The van der Waals surface area contributed by atoms with Gasteiger partial charge in [-0.25, -0.2) is 0 Å². The Morgan fingerprint density at radius 2 is 2.11 bits per heavy atom. The molecule has 1 aliphatic heterocycles. The van der Waals surface area contributed by atoms with Crippen molar-refractivity contribution in [3.8, 4) is 0 Å². The summed E-state index contributed by atoms with van der Waals surface area (Å²) >= 11 is 1.68. The zero-order chi connectivity index (χ0) is 12.1. The molecule has 1 unspecified atom stereocenters. The zero-order valence-corrected chi connectivity index (χ0v) is 11.9. The fourth-order valence-electron chi connectivity index (χ4n) is 1.55. The van der Waals surface area contributed by atoms with Gasteiger partial charge in [-0.15, -0.1) is 19.0 Å². The maximum absolute atomic E-state index is 4.65. The number of benzene rings is 1. The average molecular weight is 281 g/mol. The Morgan fingerprint density at radius 1 is 1.39 bits per heavy atom. The molecule has 1 aromatic rings. The van der Waals surface area contributed by atoms with Gasteiger partial charge in [0.05, 0.1) is 5.71 Å². The smallest absolute Gasteiger partial charge is 0.151 e. The quantitative estimate of drug-likeness (QED) is 0.854. The molecular weight excluding hydrogens is 264 g/mol. The lowest BCUT2D eigenvalue weighted by Gasteiger charge is -2.16. The van der Waals surface area contributed by atoms with Crippen LogP contribution in [0.4, 0.5) is 0 Å². The Morgan fingerprint density at radius 3 is 2.78 bits per heavy atom. The monoisotopic (exact) mass is 280 g/mol. The highest BCUT2D eigenvalue weighted by molar-refractivity contribution is 8.02. The van der Waals surface area contributed by atoms with Crippen LogP contribution >= 0.6 is 24.2 Å². The maximum atomic E-state index is 4.65. The SMILES string of the molecule is C=CCNC1N=C(c2ccc(C)cc2)C=CS1.Cl. The Kier molecular flexibility index (Phi) is 6.19. The summed E-state index contributed by atoms with van der Waals surface area (Å²) in [5, 5.41) is 5.37. The van der Waals surface area contributed by atoms with Crippen molar-refractivity contribution in [3.63, 3.8) is 0 Å². The number of thioether (sulfide) groups is 1. The van der Waals surface area contributed by atoms with E-state index in [0.29, 0.717) is 0 Å². The highest BCUT2D eigenvalue weighted by atomic mass is 35.5. The Hall–Kier alpha value is -1.03. The van der Waals surface area contributed by atoms with E-state index in [1.165, 1.54) is 5.56 Å². The first-order chi connectivity index (χ1) is 8.29. The van der Waals surface area contributed by atoms with Crippen LogP contribution in [0, 0.1) is 6.92 Å². The van der Waals surface area contributed by atoms with Gasteiger partial charge in [0, 0.05) is 6.54 Å². The Balaban J connectivity index is 0.00000162.